The second-order valence-electron chi connectivity index (χ2n) is 5.99. The molecule has 1 aliphatic carbocycles. The van der Waals surface area contributed by atoms with Gasteiger partial charge in [0.05, 0.1) is 11.4 Å². The molecule has 0 aromatic heterocycles. The van der Waals surface area contributed by atoms with Gasteiger partial charge in [0.1, 0.15) is 0 Å². The number of para-hydroxylation sites is 1. The van der Waals surface area contributed by atoms with Crippen molar-refractivity contribution < 1.29 is 0 Å². The Morgan fingerprint density at radius 2 is 1.89 bits per heavy atom. The first-order valence-electron chi connectivity index (χ1n) is 7.30. The van der Waals surface area contributed by atoms with E-state index in [4.69, 9.17) is 0 Å². The van der Waals surface area contributed by atoms with E-state index in [1.54, 1.807) is 0 Å². The number of fused-ring (bicyclic) bond motifs is 1. The summed E-state index contributed by atoms with van der Waals surface area (Å²) >= 11 is 0. The molecule has 18 heavy (non-hydrogen) atoms. The van der Waals surface area contributed by atoms with Gasteiger partial charge in [0.25, 0.3) is 0 Å². The van der Waals surface area contributed by atoms with Crippen LogP contribution in [0.5, 0.6) is 0 Å². The van der Waals surface area contributed by atoms with E-state index in [2.05, 4.69) is 42.4 Å². The maximum atomic E-state index is 3.63. The molecule has 2 aliphatic rings. The van der Waals surface area contributed by atoms with Crippen molar-refractivity contribution >= 4 is 11.4 Å². The molecule has 3 rings (SSSR count). The number of hydrogen-bond acceptors (Lipinski definition) is 2. The zero-order chi connectivity index (χ0) is 12.6. The van der Waals surface area contributed by atoms with Gasteiger partial charge in [-0.05, 0) is 37.8 Å². The molecule has 98 valence electrons. The van der Waals surface area contributed by atoms with E-state index in [0.29, 0.717) is 5.54 Å². The van der Waals surface area contributed by atoms with Crippen molar-refractivity contribution in [3.8, 4) is 0 Å². The van der Waals surface area contributed by atoms with Crippen molar-refractivity contribution in [3.63, 3.8) is 0 Å². The molecule has 0 unspecified atom stereocenters. The average molecular weight is 244 g/mol. The van der Waals surface area contributed by atoms with E-state index in [1.807, 2.05) is 0 Å². The van der Waals surface area contributed by atoms with Crippen LogP contribution in [0.1, 0.15) is 44.1 Å². The van der Waals surface area contributed by atoms with Crippen LogP contribution in [0.4, 0.5) is 11.4 Å². The number of hydrogen-bond donors (Lipinski definition) is 1. The lowest BCUT2D eigenvalue weighted by molar-refractivity contribution is 0.274. The van der Waals surface area contributed by atoms with E-state index in [1.165, 1.54) is 55.5 Å². The van der Waals surface area contributed by atoms with Gasteiger partial charge in [-0.25, -0.2) is 0 Å². The Balaban J connectivity index is 2.04. The number of aryl methyl sites for hydroxylation is 1. The molecule has 1 saturated carbocycles. The summed E-state index contributed by atoms with van der Waals surface area (Å²) in [6.45, 7) is 3.35. The van der Waals surface area contributed by atoms with Crippen molar-refractivity contribution in [3.05, 3.63) is 23.8 Å². The highest BCUT2D eigenvalue weighted by Gasteiger charge is 2.38. The van der Waals surface area contributed by atoms with Gasteiger partial charge in [-0.1, -0.05) is 31.4 Å². The molecular weight excluding hydrogens is 220 g/mol. The van der Waals surface area contributed by atoms with Gasteiger partial charge in [0.2, 0.25) is 0 Å². The van der Waals surface area contributed by atoms with Gasteiger partial charge in [-0.2, -0.15) is 0 Å². The Morgan fingerprint density at radius 1 is 1.11 bits per heavy atom. The zero-order valence-corrected chi connectivity index (χ0v) is 11.6. The van der Waals surface area contributed by atoms with Crippen molar-refractivity contribution in [2.24, 2.45) is 0 Å². The first-order chi connectivity index (χ1) is 8.73. The quantitative estimate of drug-likeness (QED) is 0.743. The third-order valence-corrected chi connectivity index (χ3v) is 4.97. The largest absolute Gasteiger partial charge is 0.383 e. The van der Waals surface area contributed by atoms with Crippen LogP contribution in [0.2, 0.25) is 0 Å². The second kappa shape index (κ2) is 4.49. The fraction of sp³-hybridized carbons (Fsp3) is 0.625. The van der Waals surface area contributed by atoms with E-state index < -0.39 is 0 Å². The van der Waals surface area contributed by atoms with E-state index >= 15 is 0 Å². The summed E-state index contributed by atoms with van der Waals surface area (Å²) in [4.78, 5) is 2.59. The van der Waals surface area contributed by atoms with Gasteiger partial charge >= 0.3 is 0 Å². The molecule has 0 amide bonds. The molecule has 1 N–H and O–H groups in total. The van der Waals surface area contributed by atoms with Crippen molar-refractivity contribution in [2.75, 3.05) is 23.8 Å². The molecule has 0 radical (unpaired) electrons. The topological polar surface area (TPSA) is 15.3 Å². The Morgan fingerprint density at radius 3 is 2.67 bits per heavy atom. The lowest BCUT2D eigenvalue weighted by atomic mass is 9.78. The van der Waals surface area contributed by atoms with Crippen molar-refractivity contribution in [1.29, 1.82) is 0 Å². The number of nitrogens with zero attached hydrogens (tertiary/aromatic N) is 1. The molecule has 2 heteroatoms. The predicted octanol–water partition coefficient (Wildman–Crippen LogP) is 3.95. The first-order valence-corrected chi connectivity index (χ1v) is 7.30. The smallest absolute Gasteiger partial charge is 0.0633 e. The van der Waals surface area contributed by atoms with Crippen LogP contribution in [0.3, 0.4) is 0 Å². The third kappa shape index (κ3) is 1.79. The number of nitrogens with one attached hydrogen (secondary N) is 1. The highest BCUT2D eigenvalue weighted by Crippen LogP contribution is 2.43. The number of anilines is 2. The molecule has 1 fully saturated rings. The molecule has 1 aromatic rings. The lowest BCUT2D eigenvalue weighted by Gasteiger charge is -2.45. The molecule has 1 spiro atoms. The summed E-state index contributed by atoms with van der Waals surface area (Å²) < 4.78 is 0. The van der Waals surface area contributed by atoms with E-state index in [9.17, 15) is 0 Å². The second-order valence-corrected chi connectivity index (χ2v) is 5.99. The normalized spacial score (nSPS) is 22.2. The Hall–Kier alpha value is -1.18. The predicted molar refractivity (Wildman–Crippen MR) is 78.5 cm³/mol. The van der Waals surface area contributed by atoms with Crippen molar-refractivity contribution in [1.82, 2.24) is 0 Å². The third-order valence-electron chi connectivity index (χ3n) is 4.97. The Bertz CT molecular complexity index is 433. The van der Waals surface area contributed by atoms with Gasteiger partial charge in [-0.15, -0.1) is 0 Å². The van der Waals surface area contributed by atoms with Gasteiger partial charge in [-0.3, -0.25) is 0 Å². The number of benzene rings is 1. The molecule has 2 nitrogen and oxygen atoms in total. The highest BCUT2D eigenvalue weighted by atomic mass is 15.2. The minimum Gasteiger partial charge on any atom is -0.383 e. The van der Waals surface area contributed by atoms with Crippen LogP contribution >= 0.6 is 0 Å². The fourth-order valence-corrected chi connectivity index (χ4v) is 3.88. The molecule has 0 bridgehead atoms. The molecule has 0 atom stereocenters. The van der Waals surface area contributed by atoms with Gasteiger partial charge < -0.3 is 10.2 Å². The van der Waals surface area contributed by atoms with Gasteiger partial charge in [0, 0.05) is 19.1 Å². The monoisotopic (exact) mass is 244 g/mol. The summed E-state index contributed by atoms with van der Waals surface area (Å²) in [5.41, 5.74) is 4.55. The molecule has 0 saturated heterocycles. The van der Waals surface area contributed by atoms with E-state index in [-0.39, 0.29) is 0 Å². The van der Waals surface area contributed by atoms with Crippen LogP contribution in [0, 0.1) is 6.92 Å². The highest BCUT2D eigenvalue weighted by molar-refractivity contribution is 5.75. The Labute approximate surface area is 110 Å². The van der Waals surface area contributed by atoms with Crippen LogP contribution in [0.25, 0.3) is 0 Å². The first kappa shape index (κ1) is 11.9. The zero-order valence-electron chi connectivity index (χ0n) is 11.6. The van der Waals surface area contributed by atoms with Crippen LogP contribution < -0.4 is 10.2 Å². The minimum absolute atomic E-state index is 0.405. The molecular formula is C16H24N2. The molecule has 1 heterocycles. The summed E-state index contributed by atoms with van der Waals surface area (Å²) in [7, 11) is 2.31. The molecule has 1 aliphatic heterocycles. The van der Waals surface area contributed by atoms with Crippen LogP contribution in [-0.4, -0.2) is 19.1 Å². The molecule has 1 aromatic carbocycles. The maximum Gasteiger partial charge on any atom is 0.0633 e. The maximum absolute atomic E-state index is 3.63. The Kier molecular flexibility index (Phi) is 2.96. The van der Waals surface area contributed by atoms with Crippen LogP contribution in [-0.2, 0) is 0 Å². The summed E-state index contributed by atoms with van der Waals surface area (Å²) in [5.74, 6) is 0. The van der Waals surface area contributed by atoms with Crippen molar-refractivity contribution in [2.45, 2.75) is 51.0 Å². The average Bonchev–Trinajstić information content (AvgIpc) is 2.51. The number of rotatable bonds is 0. The lowest BCUT2D eigenvalue weighted by Crippen LogP contribution is -2.48. The summed E-state index contributed by atoms with van der Waals surface area (Å²) in [5, 5.41) is 3.63. The van der Waals surface area contributed by atoms with Gasteiger partial charge in [0.15, 0.2) is 0 Å². The van der Waals surface area contributed by atoms with E-state index in [0.717, 1.165) is 6.54 Å². The fourth-order valence-electron chi connectivity index (χ4n) is 3.88. The SMILES string of the molecule is Cc1cccc2c1N(C)C1(CCCCC1)CCN2. The van der Waals surface area contributed by atoms with Crippen LogP contribution in [0.15, 0.2) is 18.2 Å². The standard InChI is InChI=1S/C16H24N2/c1-13-7-6-8-14-15(13)18(2)16(11-12-17-14)9-4-3-5-10-16/h6-8,17H,3-5,9-12H2,1-2H3. The minimum atomic E-state index is 0.405. The summed E-state index contributed by atoms with van der Waals surface area (Å²) in [6.07, 6.45) is 8.20. The summed E-state index contributed by atoms with van der Waals surface area (Å²) in [6, 6.07) is 6.62.